The maximum absolute atomic E-state index is 11.8. The van der Waals surface area contributed by atoms with Crippen LogP contribution < -0.4 is 11.1 Å². The Balaban J connectivity index is 2.73. The number of amides is 1. The van der Waals surface area contributed by atoms with Crippen molar-refractivity contribution in [3.05, 3.63) is 35.9 Å². The first-order chi connectivity index (χ1) is 8.78. The van der Waals surface area contributed by atoms with Crippen molar-refractivity contribution < 1.29 is 9.53 Å². The van der Waals surface area contributed by atoms with Gasteiger partial charge in [0.25, 0.3) is 0 Å². The lowest BCUT2D eigenvalue weighted by Gasteiger charge is -2.24. The zero-order valence-corrected chi connectivity index (χ0v) is 12.1. The second-order valence-corrected chi connectivity index (χ2v) is 5.82. The van der Waals surface area contributed by atoms with Gasteiger partial charge in [-0.1, -0.05) is 30.3 Å². The molecule has 1 aromatic rings. The van der Waals surface area contributed by atoms with Crippen LogP contribution in [0.15, 0.2) is 30.3 Å². The van der Waals surface area contributed by atoms with Gasteiger partial charge in [0.2, 0.25) is 0 Å². The van der Waals surface area contributed by atoms with Gasteiger partial charge < -0.3 is 15.8 Å². The molecule has 0 bridgehead atoms. The Morgan fingerprint density at radius 3 is 2.37 bits per heavy atom. The third-order valence-corrected chi connectivity index (χ3v) is 2.50. The molecule has 19 heavy (non-hydrogen) atoms. The summed E-state index contributed by atoms with van der Waals surface area (Å²) in [4.78, 5) is 11.8. The lowest BCUT2D eigenvalue weighted by atomic mass is 10.0. The SMILES string of the molecule is CC(N)CC(NC(=O)OC(C)(C)C)c1ccccc1. The standard InChI is InChI=1S/C15H24N2O2/c1-11(16)10-13(12-8-6-5-7-9-12)17-14(18)19-15(2,3)4/h5-9,11,13H,10,16H2,1-4H3,(H,17,18). The van der Waals surface area contributed by atoms with E-state index in [-0.39, 0.29) is 12.1 Å². The van der Waals surface area contributed by atoms with E-state index in [2.05, 4.69) is 5.32 Å². The van der Waals surface area contributed by atoms with Crippen LogP contribution >= 0.6 is 0 Å². The second-order valence-electron chi connectivity index (χ2n) is 5.82. The molecular formula is C15H24N2O2. The topological polar surface area (TPSA) is 64.3 Å². The Labute approximate surface area is 115 Å². The number of hydrogen-bond donors (Lipinski definition) is 2. The van der Waals surface area contributed by atoms with E-state index in [0.29, 0.717) is 6.42 Å². The molecule has 0 heterocycles. The molecule has 0 aliphatic rings. The normalized spacial score (nSPS) is 14.6. The fourth-order valence-corrected chi connectivity index (χ4v) is 1.79. The van der Waals surface area contributed by atoms with Crippen LogP contribution in [0.25, 0.3) is 0 Å². The molecule has 1 aromatic carbocycles. The number of nitrogens with two attached hydrogens (primary N) is 1. The van der Waals surface area contributed by atoms with Crippen LogP contribution in [-0.2, 0) is 4.74 Å². The summed E-state index contributed by atoms with van der Waals surface area (Å²) in [6.45, 7) is 7.45. The number of carbonyl (C=O) groups excluding carboxylic acids is 1. The molecule has 0 aliphatic carbocycles. The van der Waals surface area contributed by atoms with Crippen LogP contribution in [0, 0.1) is 0 Å². The fraction of sp³-hybridized carbons (Fsp3) is 0.533. The summed E-state index contributed by atoms with van der Waals surface area (Å²) in [6.07, 6.45) is 0.255. The lowest BCUT2D eigenvalue weighted by Crippen LogP contribution is -2.37. The molecule has 106 valence electrons. The van der Waals surface area contributed by atoms with Crippen LogP contribution in [0.1, 0.15) is 45.7 Å². The summed E-state index contributed by atoms with van der Waals surface area (Å²) < 4.78 is 5.28. The predicted molar refractivity (Wildman–Crippen MR) is 76.8 cm³/mol. The van der Waals surface area contributed by atoms with E-state index in [1.54, 1.807) is 0 Å². The fourth-order valence-electron chi connectivity index (χ4n) is 1.79. The molecule has 0 spiro atoms. The minimum atomic E-state index is -0.500. The van der Waals surface area contributed by atoms with Gasteiger partial charge in [0.05, 0.1) is 6.04 Å². The van der Waals surface area contributed by atoms with Crippen LogP contribution in [-0.4, -0.2) is 17.7 Å². The molecule has 0 radical (unpaired) electrons. The van der Waals surface area contributed by atoms with Crippen molar-refractivity contribution in [1.82, 2.24) is 5.32 Å². The summed E-state index contributed by atoms with van der Waals surface area (Å²) >= 11 is 0. The van der Waals surface area contributed by atoms with Gasteiger partial charge >= 0.3 is 6.09 Å². The molecule has 0 saturated carbocycles. The lowest BCUT2D eigenvalue weighted by molar-refractivity contribution is 0.0500. The zero-order chi connectivity index (χ0) is 14.5. The molecule has 4 nitrogen and oxygen atoms in total. The quantitative estimate of drug-likeness (QED) is 0.878. The Hall–Kier alpha value is -1.55. The third-order valence-electron chi connectivity index (χ3n) is 2.50. The maximum atomic E-state index is 11.8. The van der Waals surface area contributed by atoms with Crippen LogP contribution in [0.5, 0.6) is 0 Å². The van der Waals surface area contributed by atoms with E-state index in [1.807, 2.05) is 58.0 Å². The molecule has 2 unspecified atom stereocenters. The number of benzene rings is 1. The Kier molecular flexibility index (Phi) is 5.36. The van der Waals surface area contributed by atoms with Crippen LogP contribution in [0.3, 0.4) is 0 Å². The summed E-state index contributed by atoms with van der Waals surface area (Å²) in [5.41, 5.74) is 6.37. The first kappa shape index (κ1) is 15.5. The Morgan fingerprint density at radius 2 is 1.89 bits per heavy atom. The van der Waals surface area contributed by atoms with Crippen molar-refractivity contribution in [3.63, 3.8) is 0 Å². The molecule has 1 rings (SSSR count). The van der Waals surface area contributed by atoms with E-state index < -0.39 is 11.7 Å². The predicted octanol–water partition coefficient (Wildman–Crippen LogP) is 2.99. The number of hydrogen-bond acceptors (Lipinski definition) is 3. The monoisotopic (exact) mass is 264 g/mol. The van der Waals surface area contributed by atoms with Gasteiger partial charge in [-0.2, -0.15) is 0 Å². The molecule has 3 N–H and O–H groups in total. The van der Waals surface area contributed by atoms with Gasteiger partial charge in [0.1, 0.15) is 5.60 Å². The van der Waals surface area contributed by atoms with E-state index in [9.17, 15) is 4.79 Å². The molecule has 0 aromatic heterocycles. The molecule has 0 fully saturated rings. The van der Waals surface area contributed by atoms with E-state index in [0.717, 1.165) is 5.56 Å². The van der Waals surface area contributed by atoms with Gasteiger partial charge in [-0.25, -0.2) is 4.79 Å². The van der Waals surface area contributed by atoms with Crippen molar-refractivity contribution in [2.75, 3.05) is 0 Å². The first-order valence-corrected chi connectivity index (χ1v) is 6.58. The highest BCUT2D eigenvalue weighted by Crippen LogP contribution is 2.18. The number of nitrogens with one attached hydrogen (secondary N) is 1. The number of alkyl carbamates (subject to hydrolysis) is 1. The number of ether oxygens (including phenoxy) is 1. The van der Waals surface area contributed by atoms with E-state index in [4.69, 9.17) is 10.5 Å². The highest BCUT2D eigenvalue weighted by molar-refractivity contribution is 5.68. The van der Waals surface area contributed by atoms with Crippen molar-refractivity contribution in [3.8, 4) is 0 Å². The summed E-state index contributed by atoms with van der Waals surface area (Å²) in [5.74, 6) is 0. The summed E-state index contributed by atoms with van der Waals surface area (Å²) in [7, 11) is 0. The minimum absolute atomic E-state index is 0.000132. The van der Waals surface area contributed by atoms with E-state index in [1.165, 1.54) is 0 Å². The summed E-state index contributed by atoms with van der Waals surface area (Å²) in [6, 6.07) is 9.66. The maximum Gasteiger partial charge on any atom is 0.408 e. The van der Waals surface area contributed by atoms with E-state index >= 15 is 0 Å². The molecule has 1 amide bonds. The second kappa shape index (κ2) is 6.57. The van der Waals surface area contributed by atoms with Crippen molar-refractivity contribution >= 4 is 6.09 Å². The van der Waals surface area contributed by atoms with Gasteiger partial charge in [0, 0.05) is 6.04 Å². The Bertz CT molecular complexity index is 396. The number of rotatable bonds is 4. The van der Waals surface area contributed by atoms with Crippen molar-refractivity contribution in [1.29, 1.82) is 0 Å². The van der Waals surface area contributed by atoms with Crippen LogP contribution in [0.4, 0.5) is 4.79 Å². The van der Waals surface area contributed by atoms with Crippen molar-refractivity contribution in [2.45, 2.75) is 51.8 Å². The number of carbonyl (C=O) groups is 1. The largest absolute Gasteiger partial charge is 0.444 e. The highest BCUT2D eigenvalue weighted by atomic mass is 16.6. The highest BCUT2D eigenvalue weighted by Gasteiger charge is 2.21. The molecule has 4 heteroatoms. The first-order valence-electron chi connectivity index (χ1n) is 6.58. The molecular weight excluding hydrogens is 240 g/mol. The zero-order valence-electron chi connectivity index (χ0n) is 12.1. The molecule has 0 saturated heterocycles. The van der Waals surface area contributed by atoms with Crippen molar-refractivity contribution in [2.24, 2.45) is 5.73 Å². The third kappa shape index (κ3) is 6.25. The smallest absolute Gasteiger partial charge is 0.408 e. The molecule has 0 aliphatic heterocycles. The van der Waals surface area contributed by atoms with Gasteiger partial charge in [-0.15, -0.1) is 0 Å². The molecule has 2 atom stereocenters. The van der Waals surface area contributed by atoms with Crippen LogP contribution in [0.2, 0.25) is 0 Å². The summed E-state index contributed by atoms with van der Waals surface area (Å²) in [5, 5.41) is 2.88. The van der Waals surface area contributed by atoms with Gasteiger partial charge in [-0.05, 0) is 39.7 Å². The average molecular weight is 264 g/mol. The van der Waals surface area contributed by atoms with Gasteiger partial charge in [0.15, 0.2) is 0 Å². The average Bonchev–Trinajstić information content (AvgIpc) is 2.26. The van der Waals surface area contributed by atoms with Gasteiger partial charge in [-0.3, -0.25) is 0 Å². The minimum Gasteiger partial charge on any atom is -0.444 e. The Morgan fingerprint density at radius 1 is 1.32 bits per heavy atom.